The van der Waals surface area contributed by atoms with Crippen LogP contribution in [0.2, 0.25) is 0 Å². The van der Waals surface area contributed by atoms with Crippen LogP contribution in [0.1, 0.15) is 18.1 Å². The predicted octanol–water partition coefficient (Wildman–Crippen LogP) is 2.12. The van der Waals surface area contributed by atoms with Gasteiger partial charge in [-0.1, -0.05) is 31.2 Å². The van der Waals surface area contributed by atoms with Crippen LogP contribution < -0.4 is 17.2 Å². The van der Waals surface area contributed by atoms with E-state index in [1.54, 1.807) is 0 Å². The zero-order valence-corrected chi connectivity index (χ0v) is 10.6. The molecular weight excluding hydrogens is 222 g/mol. The molecule has 3 heteroatoms. The highest BCUT2D eigenvalue weighted by Gasteiger charge is 2.27. The Hall–Kier alpha value is -2.00. The third-order valence-corrected chi connectivity index (χ3v) is 3.50. The van der Waals surface area contributed by atoms with Gasteiger partial charge in [-0.05, 0) is 35.4 Å². The predicted molar refractivity (Wildman–Crippen MR) is 77.2 cm³/mol. The number of nitrogen functional groups attached to an aromatic ring is 2. The van der Waals surface area contributed by atoms with E-state index in [1.807, 2.05) is 48.5 Å². The van der Waals surface area contributed by atoms with Crippen LogP contribution in [-0.2, 0) is 5.41 Å². The highest BCUT2D eigenvalue weighted by atomic mass is 14.6. The highest BCUT2D eigenvalue weighted by Crippen LogP contribution is 2.31. The van der Waals surface area contributed by atoms with Crippen LogP contribution in [0.3, 0.4) is 0 Å². The van der Waals surface area contributed by atoms with Crippen LogP contribution >= 0.6 is 0 Å². The Morgan fingerprint density at radius 1 is 0.778 bits per heavy atom. The maximum absolute atomic E-state index is 5.98. The van der Waals surface area contributed by atoms with E-state index >= 15 is 0 Å². The minimum atomic E-state index is -0.221. The topological polar surface area (TPSA) is 78.1 Å². The van der Waals surface area contributed by atoms with Gasteiger partial charge in [0.2, 0.25) is 0 Å². The molecule has 0 aliphatic carbocycles. The number of benzene rings is 2. The van der Waals surface area contributed by atoms with Crippen molar-refractivity contribution in [3.63, 3.8) is 0 Å². The molecule has 2 rings (SSSR count). The first-order valence-electron chi connectivity index (χ1n) is 5.98. The Bertz CT molecular complexity index is 469. The average molecular weight is 241 g/mol. The second-order valence-electron chi connectivity index (χ2n) is 4.78. The Morgan fingerprint density at radius 3 is 1.39 bits per heavy atom. The van der Waals surface area contributed by atoms with Gasteiger partial charge in [-0.3, -0.25) is 0 Å². The molecule has 0 heterocycles. The SMILES string of the molecule is CC(CN)(c1ccc(N)cc1)c1ccc(N)cc1. The molecule has 18 heavy (non-hydrogen) atoms. The van der Waals surface area contributed by atoms with Crippen LogP contribution in [0.5, 0.6) is 0 Å². The molecule has 0 aliphatic rings. The molecule has 0 aromatic heterocycles. The monoisotopic (exact) mass is 241 g/mol. The molecule has 0 saturated carbocycles. The second-order valence-corrected chi connectivity index (χ2v) is 4.78. The van der Waals surface area contributed by atoms with Gasteiger partial charge in [-0.15, -0.1) is 0 Å². The van der Waals surface area contributed by atoms with Crippen molar-refractivity contribution in [2.45, 2.75) is 12.3 Å². The Kier molecular flexibility index (Phi) is 3.26. The molecule has 0 aliphatic heterocycles. The Balaban J connectivity index is 2.47. The van der Waals surface area contributed by atoms with Crippen molar-refractivity contribution in [2.75, 3.05) is 18.0 Å². The molecule has 0 bridgehead atoms. The minimum Gasteiger partial charge on any atom is -0.399 e. The molecule has 0 fully saturated rings. The fourth-order valence-electron chi connectivity index (χ4n) is 2.10. The van der Waals surface area contributed by atoms with Crippen molar-refractivity contribution in [1.82, 2.24) is 0 Å². The summed E-state index contributed by atoms with van der Waals surface area (Å²) in [6.45, 7) is 2.66. The molecule has 0 amide bonds. The lowest BCUT2D eigenvalue weighted by atomic mass is 9.76. The van der Waals surface area contributed by atoms with E-state index in [9.17, 15) is 0 Å². The zero-order chi connectivity index (χ0) is 13.2. The van der Waals surface area contributed by atoms with E-state index in [0.717, 1.165) is 22.5 Å². The fourth-order valence-corrected chi connectivity index (χ4v) is 2.10. The lowest BCUT2D eigenvalue weighted by molar-refractivity contribution is 0.584. The molecule has 0 atom stereocenters. The number of nitrogens with two attached hydrogens (primary N) is 3. The van der Waals surface area contributed by atoms with Crippen molar-refractivity contribution < 1.29 is 0 Å². The molecule has 0 saturated heterocycles. The van der Waals surface area contributed by atoms with Crippen molar-refractivity contribution in [3.05, 3.63) is 59.7 Å². The third-order valence-electron chi connectivity index (χ3n) is 3.50. The lowest BCUT2D eigenvalue weighted by Crippen LogP contribution is -2.33. The summed E-state index contributed by atoms with van der Waals surface area (Å²) in [6.07, 6.45) is 0. The highest BCUT2D eigenvalue weighted by molar-refractivity contribution is 5.48. The summed E-state index contributed by atoms with van der Waals surface area (Å²) in [5.74, 6) is 0. The molecule has 3 nitrogen and oxygen atoms in total. The number of anilines is 2. The normalized spacial score (nSPS) is 11.4. The minimum absolute atomic E-state index is 0.221. The smallest absolute Gasteiger partial charge is 0.0314 e. The number of rotatable bonds is 3. The number of hydrogen-bond acceptors (Lipinski definition) is 3. The van der Waals surface area contributed by atoms with Crippen molar-refractivity contribution in [3.8, 4) is 0 Å². The van der Waals surface area contributed by atoms with Crippen LogP contribution in [-0.4, -0.2) is 6.54 Å². The Labute approximate surface area is 108 Å². The van der Waals surface area contributed by atoms with E-state index in [-0.39, 0.29) is 5.41 Å². The number of hydrogen-bond donors (Lipinski definition) is 3. The first-order chi connectivity index (χ1) is 8.56. The van der Waals surface area contributed by atoms with Gasteiger partial charge >= 0.3 is 0 Å². The molecule has 0 unspecified atom stereocenters. The van der Waals surface area contributed by atoms with Gasteiger partial charge in [-0.25, -0.2) is 0 Å². The van der Waals surface area contributed by atoms with Crippen molar-refractivity contribution >= 4 is 11.4 Å². The average Bonchev–Trinajstić information content (AvgIpc) is 2.39. The van der Waals surface area contributed by atoms with E-state index in [0.29, 0.717) is 6.54 Å². The lowest BCUT2D eigenvalue weighted by Gasteiger charge is -2.29. The van der Waals surface area contributed by atoms with Gasteiger partial charge in [0.05, 0.1) is 0 Å². The van der Waals surface area contributed by atoms with E-state index in [2.05, 4.69) is 6.92 Å². The molecule has 6 N–H and O–H groups in total. The summed E-state index contributed by atoms with van der Waals surface area (Å²) in [5, 5.41) is 0. The quantitative estimate of drug-likeness (QED) is 0.720. The van der Waals surface area contributed by atoms with Gasteiger partial charge in [0.15, 0.2) is 0 Å². The molecular formula is C15H19N3. The largest absolute Gasteiger partial charge is 0.399 e. The van der Waals surface area contributed by atoms with Gasteiger partial charge in [0.1, 0.15) is 0 Å². The first-order valence-corrected chi connectivity index (χ1v) is 5.98. The molecule has 0 radical (unpaired) electrons. The van der Waals surface area contributed by atoms with Gasteiger partial charge in [-0.2, -0.15) is 0 Å². The van der Waals surface area contributed by atoms with Crippen LogP contribution in [0.25, 0.3) is 0 Å². The second kappa shape index (κ2) is 4.70. The summed E-state index contributed by atoms with van der Waals surface area (Å²) in [5.41, 5.74) is 21.0. The first kappa shape index (κ1) is 12.5. The van der Waals surface area contributed by atoms with Crippen molar-refractivity contribution in [1.29, 1.82) is 0 Å². The summed E-state index contributed by atoms with van der Waals surface area (Å²) < 4.78 is 0. The summed E-state index contributed by atoms with van der Waals surface area (Å²) >= 11 is 0. The maximum atomic E-state index is 5.98. The van der Waals surface area contributed by atoms with Crippen molar-refractivity contribution in [2.24, 2.45) is 5.73 Å². The van der Waals surface area contributed by atoms with Gasteiger partial charge < -0.3 is 17.2 Å². The fraction of sp³-hybridized carbons (Fsp3) is 0.200. The molecule has 2 aromatic carbocycles. The van der Waals surface area contributed by atoms with Crippen LogP contribution in [0.4, 0.5) is 11.4 Å². The standard InChI is InChI=1S/C15H19N3/c1-15(10-16,11-2-6-13(17)7-3-11)12-4-8-14(18)9-5-12/h2-9H,10,16-18H2,1H3. The van der Waals surface area contributed by atoms with E-state index in [4.69, 9.17) is 17.2 Å². The maximum Gasteiger partial charge on any atom is 0.0314 e. The van der Waals surface area contributed by atoms with Gasteiger partial charge in [0.25, 0.3) is 0 Å². The summed E-state index contributed by atoms with van der Waals surface area (Å²) in [6, 6.07) is 15.7. The Morgan fingerprint density at radius 2 is 1.11 bits per heavy atom. The van der Waals surface area contributed by atoms with E-state index < -0.39 is 0 Å². The molecule has 2 aromatic rings. The van der Waals surface area contributed by atoms with Gasteiger partial charge in [0, 0.05) is 23.3 Å². The molecule has 94 valence electrons. The van der Waals surface area contributed by atoms with E-state index in [1.165, 1.54) is 0 Å². The van der Waals surface area contributed by atoms with Crippen LogP contribution in [0.15, 0.2) is 48.5 Å². The summed E-state index contributed by atoms with van der Waals surface area (Å²) in [4.78, 5) is 0. The zero-order valence-electron chi connectivity index (χ0n) is 10.6. The third kappa shape index (κ3) is 2.17. The summed E-state index contributed by atoms with van der Waals surface area (Å²) in [7, 11) is 0. The van der Waals surface area contributed by atoms with Crippen LogP contribution in [0, 0.1) is 0 Å². The molecule has 0 spiro atoms.